The van der Waals surface area contributed by atoms with Crippen LogP contribution in [0.1, 0.15) is 30.4 Å². The summed E-state index contributed by atoms with van der Waals surface area (Å²) >= 11 is 0. The van der Waals surface area contributed by atoms with Gasteiger partial charge in [0.15, 0.2) is 0 Å². The van der Waals surface area contributed by atoms with Crippen LogP contribution >= 0.6 is 0 Å². The number of piperazine rings is 1. The predicted molar refractivity (Wildman–Crippen MR) is 116 cm³/mol. The Bertz CT molecular complexity index is 1070. The molecule has 31 heavy (non-hydrogen) atoms. The molecule has 6 nitrogen and oxygen atoms in total. The van der Waals surface area contributed by atoms with Crippen LogP contribution in [0.4, 0.5) is 9.18 Å². The number of aromatic amines is 1. The fraction of sp³-hybridized carbons (Fsp3) is 0.333. The molecule has 1 aromatic heterocycles. The number of carbonyl (C=O) groups excluding carboxylic acids is 2. The molecule has 3 aromatic rings. The van der Waals surface area contributed by atoms with Crippen molar-refractivity contribution in [1.82, 2.24) is 14.8 Å². The number of H-pyrrole nitrogens is 1. The molecule has 1 N–H and O–H groups in total. The highest BCUT2D eigenvalue weighted by atomic mass is 19.1. The summed E-state index contributed by atoms with van der Waals surface area (Å²) in [6.45, 7) is 3.92. The van der Waals surface area contributed by atoms with Crippen LogP contribution in [0.2, 0.25) is 0 Å². The molecule has 2 heterocycles. The van der Waals surface area contributed by atoms with Crippen molar-refractivity contribution in [1.29, 1.82) is 0 Å². The summed E-state index contributed by atoms with van der Waals surface area (Å²) in [5.74, 6) is -0.608. The number of para-hydroxylation sites is 1. The summed E-state index contributed by atoms with van der Waals surface area (Å²) in [7, 11) is 0. The number of amides is 2. The van der Waals surface area contributed by atoms with Crippen LogP contribution in [0, 0.1) is 5.82 Å². The molecular weight excluding hydrogens is 397 g/mol. The second-order valence-electron chi connectivity index (χ2n) is 7.67. The normalized spacial score (nSPS) is 15.2. The van der Waals surface area contributed by atoms with Crippen LogP contribution < -0.4 is 0 Å². The summed E-state index contributed by atoms with van der Waals surface area (Å²) in [5, 5.41) is 1.02. The molecule has 1 saturated heterocycles. The molecule has 1 fully saturated rings. The summed E-state index contributed by atoms with van der Waals surface area (Å²) in [4.78, 5) is 31.8. The van der Waals surface area contributed by atoms with Gasteiger partial charge in [0.05, 0.1) is 6.61 Å². The average Bonchev–Trinajstić information content (AvgIpc) is 3.21. The van der Waals surface area contributed by atoms with E-state index in [1.54, 1.807) is 22.8 Å². The molecule has 1 aliphatic rings. The van der Waals surface area contributed by atoms with Crippen molar-refractivity contribution in [3.05, 3.63) is 71.7 Å². The van der Waals surface area contributed by atoms with Gasteiger partial charge < -0.3 is 19.5 Å². The van der Waals surface area contributed by atoms with Gasteiger partial charge in [-0.2, -0.15) is 0 Å². The first kappa shape index (κ1) is 20.9. The van der Waals surface area contributed by atoms with Crippen LogP contribution in [0.3, 0.4) is 0 Å². The number of halogens is 1. The maximum Gasteiger partial charge on any atom is 0.409 e. The van der Waals surface area contributed by atoms with Gasteiger partial charge >= 0.3 is 6.09 Å². The number of nitrogens with one attached hydrogen (secondary N) is 1. The van der Waals surface area contributed by atoms with E-state index in [0.717, 1.165) is 22.0 Å². The highest BCUT2D eigenvalue weighted by Crippen LogP contribution is 2.34. The van der Waals surface area contributed by atoms with Crippen molar-refractivity contribution in [3.63, 3.8) is 0 Å². The topological polar surface area (TPSA) is 65.6 Å². The Kier molecular flexibility index (Phi) is 6.21. The zero-order valence-electron chi connectivity index (χ0n) is 17.5. The number of fused-ring (bicyclic) bond motifs is 1. The van der Waals surface area contributed by atoms with E-state index in [2.05, 4.69) is 4.98 Å². The molecule has 0 radical (unpaired) electrons. The second-order valence-corrected chi connectivity index (χ2v) is 7.67. The molecule has 0 aliphatic carbocycles. The van der Waals surface area contributed by atoms with E-state index in [4.69, 9.17) is 4.74 Å². The monoisotopic (exact) mass is 423 g/mol. The number of ether oxygens (including phenoxy) is 1. The molecule has 0 bridgehead atoms. The number of carbonyl (C=O) groups is 2. The maximum absolute atomic E-state index is 14.0. The molecule has 0 unspecified atom stereocenters. The van der Waals surface area contributed by atoms with Gasteiger partial charge in [-0.3, -0.25) is 4.79 Å². The molecule has 162 valence electrons. The van der Waals surface area contributed by atoms with Crippen molar-refractivity contribution in [2.75, 3.05) is 32.8 Å². The number of rotatable bonds is 5. The van der Waals surface area contributed by atoms with E-state index >= 15 is 0 Å². The van der Waals surface area contributed by atoms with E-state index in [1.165, 1.54) is 12.1 Å². The van der Waals surface area contributed by atoms with Gasteiger partial charge in [-0.05, 0) is 36.2 Å². The van der Waals surface area contributed by atoms with Gasteiger partial charge in [-0.25, -0.2) is 9.18 Å². The smallest absolute Gasteiger partial charge is 0.409 e. The van der Waals surface area contributed by atoms with Gasteiger partial charge in [-0.15, -0.1) is 0 Å². The van der Waals surface area contributed by atoms with Crippen molar-refractivity contribution in [3.8, 4) is 0 Å². The van der Waals surface area contributed by atoms with Crippen LogP contribution in [0.25, 0.3) is 10.9 Å². The molecule has 0 saturated carbocycles. The average molecular weight is 423 g/mol. The lowest BCUT2D eigenvalue weighted by Gasteiger charge is -2.34. The summed E-state index contributed by atoms with van der Waals surface area (Å²) in [6, 6.07) is 14.3. The summed E-state index contributed by atoms with van der Waals surface area (Å²) in [5.41, 5.74) is 2.72. The number of nitrogens with zero attached hydrogens (tertiary/aromatic N) is 2. The molecule has 7 heteroatoms. The molecule has 0 spiro atoms. The molecule has 2 amide bonds. The number of hydrogen-bond acceptors (Lipinski definition) is 3. The van der Waals surface area contributed by atoms with E-state index in [-0.39, 0.29) is 30.2 Å². The number of benzene rings is 2. The van der Waals surface area contributed by atoms with Crippen LogP contribution in [-0.4, -0.2) is 59.6 Å². The zero-order valence-corrected chi connectivity index (χ0v) is 17.5. The first-order valence-corrected chi connectivity index (χ1v) is 10.6. The number of aromatic nitrogens is 1. The Morgan fingerprint density at radius 3 is 2.55 bits per heavy atom. The Balaban J connectivity index is 1.55. The molecule has 2 aromatic carbocycles. The Morgan fingerprint density at radius 1 is 1.06 bits per heavy atom. The van der Waals surface area contributed by atoms with Gasteiger partial charge in [0.1, 0.15) is 5.82 Å². The second kappa shape index (κ2) is 9.20. The van der Waals surface area contributed by atoms with Gasteiger partial charge in [-0.1, -0.05) is 30.3 Å². The Hall–Kier alpha value is -3.35. The summed E-state index contributed by atoms with van der Waals surface area (Å²) < 4.78 is 19.0. The van der Waals surface area contributed by atoms with Gasteiger partial charge in [0, 0.05) is 55.6 Å². The van der Waals surface area contributed by atoms with Crippen molar-refractivity contribution >= 4 is 22.9 Å². The highest BCUT2D eigenvalue weighted by molar-refractivity contribution is 5.86. The standard InChI is InChI=1S/C24H26FN3O3/c1-2-31-24(30)28-12-10-27(11-13-28)23(29)15-20(17-6-5-7-18(25)14-17)21-16-26-22-9-4-3-8-19(21)22/h3-9,14,16,20,26H,2,10-13,15H2,1H3/t20-/m0/s1. The first-order valence-electron chi connectivity index (χ1n) is 10.6. The quantitative estimate of drug-likeness (QED) is 0.671. The third-order valence-corrected chi connectivity index (χ3v) is 5.78. The van der Waals surface area contributed by atoms with Crippen LogP contribution in [0.5, 0.6) is 0 Å². The van der Waals surface area contributed by atoms with Gasteiger partial charge in [0.2, 0.25) is 5.91 Å². The van der Waals surface area contributed by atoms with E-state index < -0.39 is 0 Å². The minimum absolute atomic E-state index is 0.0111. The van der Waals surface area contributed by atoms with Crippen LogP contribution in [-0.2, 0) is 9.53 Å². The van der Waals surface area contributed by atoms with E-state index in [1.807, 2.05) is 36.5 Å². The minimum atomic E-state index is -0.342. The Labute approximate surface area is 180 Å². The summed E-state index contributed by atoms with van der Waals surface area (Å²) in [6.07, 6.45) is 1.79. The lowest BCUT2D eigenvalue weighted by molar-refractivity contribution is -0.133. The first-order chi connectivity index (χ1) is 15.1. The Morgan fingerprint density at radius 2 is 1.81 bits per heavy atom. The largest absolute Gasteiger partial charge is 0.450 e. The molecule has 1 atom stereocenters. The number of hydrogen-bond donors (Lipinski definition) is 1. The van der Waals surface area contributed by atoms with Crippen molar-refractivity contribution < 1.29 is 18.7 Å². The molecular formula is C24H26FN3O3. The predicted octanol–water partition coefficient (Wildman–Crippen LogP) is 4.13. The SMILES string of the molecule is CCOC(=O)N1CCN(C(=O)C[C@@H](c2cccc(F)c2)c2c[nH]c3ccccc23)CC1. The van der Waals surface area contributed by atoms with Crippen molar-refractivity contribution in [2.45, 2.75) is 19.3 Å². The van der Waals surface area contributed by atoms with Crippen LogP contribution in [0.15, 0.2) is 54.7 Å². The highest BCUT2D eigenvalue weighted by Gasteiger charge is 2.28. The fourth-order valence-electron chi connectivity index (χ4n) is 4.17. The lowest BCUT2D eigenvalue weighted by atomic mass is 9.87. The fourth-order valence-corrected chi connectivity index (χ4v) is 4.17. The molecule has 1 aliphatic heterocycles. The maximum atomic E-state index is 14.0. The zero-order chi connectivity index (χ0) is 21.8. The van der Waals surface area contributed by atoms with E-state index in [9.17, 15) is 14.0 Å². The minimum Gasteiger partial charge on any atom is -0.450 e. The lowest BCUT2D eigenvalue weighted by Crippen LogP contribution is -2.50. The third-order valence-electron chi connectivity index (χ3n) is 5.78. The van der Waals surface area contributed by atoms with Gasteiger partial charge in [0.25, 0.3) is 0 Å². The molecule has 4 rings (SSSR count). The third kappa shape index (κ3) is 4.55. The van der Waals surface area contributed by atoms with Crippen molar-refractivity contribution in [2.24, 2.45) is 0 Å². The van der Waals surface area contributed by atoms with E-state index in [0.29, 0.717) is 32.8 Å².